The Kier molecular flexibility index (Phi) is 4.24. The van der Waals surface area contributed by atoms with Crippen LogP contribution in [0.3, 0.4) is 0 Å². The van der Waals surface area contributed by atoms with Crippen molar-refractivity contribution in [1.29, 1.82) is 0 Å². The number of allylic oxidation sites excluding steroid dienone is 5. The van der Waals surface area contributed by atoms with Crippen LogP contribution in [-0.2, 0) is 0 Å². The molecule has 0 aromatic carbocycles. The van der Waals surface area contributed by atoms with Crippen molar-refractivity contribution in [3.8, 4) is 0 Å². The molecule has 0 bridgehead atoms. The number of rotatable bonds is 1. The van der Waals surface area contributed by atoms with Crippen LogP contribution in [0.1, 0.15) is 20.3 Å². The van der Waals surface area contributed by atoms with E-state index in [1.54, 1.807) is 0 Å². The Hall–Kier alpha value is -0.280. The highest BCUT2D eigenvalue weighted by molar-refractivity contribution is 6.33. The van der Waals surface area contributed by atoms with E-state index in [9.17, 15) is 0 Å². The molecule has 2 nitrogen and oxygen atoms in total. The quantitative estimate of drug-likeness (QED) is 0.605. The average Bonchev–Trinajstić information content (AvgIpc) is 2.50. The van der Waals surface area contributed by atoms with Crippen LogP contribution in [0.5, 0.6) is 0 Å². The Morgan fingerprint density at radius 3 is 2.69 bits per heavy atom. The molecule has 0 radical (unpaired) electrons. The Morgan fingerprint density at radius 1 is 1.50 bits per heavy atom. The highest BCUT2D eigenvalue weighted by Gasteiger charge is 2.39. The zero-order chi connectivity index (χ0) is 11.1. The van der Waals surface area contributed by atoms with Crippen molar-refractivity contribution >= 4 is 29.5 Å². The predicted octanol–water partition coefficient (Wildman–Crippen LogP) is -0.814. The van der Waals surface area contributed by atoms with E-state index in [1.807, 2.05) is 38.5 Å². The first-order valence-corrected chi connectivity index (χ1v) is 5.61. The van der Waals surface area contributed by atoms with Crippen molar-refractivity contribution in [2.24, 2.45) is 4.99 Å². The smallest absolute Gasteiger partial charge is 0.198 e. The first-order chi connectivity index (χ1) is 7.02. The Labute approximate surface area is 112 Å². The second kappa shape index (κ2) is 4.92. The molecule has 1 aliphatic heterocycles. The van der Waals surface area contributed by atoms with Crippen molar-refractivity contribution in [2.45, 2.75) is 25.1 Å². The van der Waals surface area contributed by atoms with Gasteiger partial charge in [-0.05, 0) is 19.4 Å². The fourth-order valence-corrected chi connectivity index (χ4v) is 2.62. The van der Waals surface area contributed by atoms with Crippen LogP contribution in [0.25, 0.3) is 0 Å². The molecular weight excluding hydrogens is 266 g/mol. The fraction of sp³-hybridized carbons (Fsp3) is 0.364. The number of aliphatic imine (C=N–C) groups is 1. The average molecular weight is 280 g/mol. The summed E-state index contributed by atoms with van der Waals surface area (Å²) in [7, 11) is 0. The molecule has 0 aromatic rings. The van der Waals surface area contributed by atoms with Crippen LogP contribution in [-0.4, -0.2) is 11.2 Å². The first-order valence-electron chi connectivity index (χ1n) is 4.86. The van der Waals surface area contributed by atoms with Gasteiger partial charge in [-0.1, -0.05) is 17.7 Å². The third-order valence-corrected chi connectivity index (χ3v) is 3.35. The van der Waals surface area contributed by atoms with Crippen molar-refractivity contribution in [2.75, 3.05) is 0 Å². The molecule has 5 heteroatoms. The SMILES string of the molecule is CC1=CN=C[NH+]1C1=C(Cl)C=CCC1(C)Cl.[Cl-]. The van der Waals surface area contributed by atoms with Crippen LogP contribution in [0.15, 0.2) is 39.8 Å². The van der Waals surface area contributed by atoms with Crippen LogP contribution in [0, 0.1) is 0 Å². The molecule has 2 rings (SSSR count). The number of alkyl halides is 1. The summed E-state index contributed by atoms with van der Waals surface area (Å²) in [5.74, 6) is 0. The Bertz CT molecular complexity index is 405. The largest absolute Gasteiger partial charge is 1.00 e. The summed E-state index contributed by atoms with van der Waals surface area (Å²) in [4.78, 5) is 4.75. The molecule has 16 heavy (non-hydrogen) atoms. The summed E-state index contributed by atoms with van der Waals surface area (Å²) < 4.78 is 0. The molecule has 0 saturated heterocycles. The molecule has 0 aromatic heterocycles. The topological polar surface area (TPSA) is 16.8 Å². The third kappa shape index (κ3) is 2.35. The van der Waals surface area contributed by atoms with Gasteiger partial charge in [-0.15, -0.1) is 11.6 Å². The molecule has 0 spiro atoms. The van der Waals surface area contributed by atoms with Gasteiger partial charge in [0.1, 0.15) is 10.6 Å². The Balaban J connectivity index is 0.00000128. The molecule has 0 saturated carbocycles. The molecule has 0 amide bonds. The molecule has 2 aliphatic rings. The molecule has 88 valence electrons. The molecule has 1 N–H and O–H groups in total. The van der Waals surface area contributed by atoms with Gasteiger partial charge in [-0.2, -0.15) is 0 Å². The zero-order valence-corrected chi connectivity index (χ0v) is 11.4. The molecule has 0 fully saturated rings. The van der Waals surface area contributed by atoms with E-state index in [0.29, 0.717) is 0 Å². The summed E-state index contributed by atoms with van der Waals surface area (Å²) in [5.41, 5.74) is 2.11. The Morgan fingerprint density at radius 2 is 2.19 bits per heavy atom. The molecule has 1 aliphatic carbocycles. The lowest BCUT2D eigenvalue weighted by Gasteiger charge is -2.28. The van der Waals surface area contributed by atoms with Crippen LogP contribution < -0.4 is 17.3 Å². The standard InChI is InChI=1S/C11H12Cl2N2.ClH/c1-8-6-14-7-15(8)10-9(12)4-3-5-11(10,2)13;/h3-4,6-7H,5H2,1-2H3;1H. The first kappa shape index (κ1) is 13.8. The van der Waals surface area contributed by atoms with Crippen LogP contribution in [0.4, 0.5) is 0 Å². The van der Waals surface area contributed by atoms with Gasteiger partial charge in [0.25, 0.3) is 0 Å². The lowest BCUT2D eigenvalue weighted by atomic mass is 9.96. The zero-order valence-electron chi connectivity index (χ0n) is 9.10. The van der Waals surface area contributed by atoms with E-state index < -0.39 is 4.87 Å². The summed E-state index contributed by atoms with van der Waals surface area (Å²) in [5, 5.41) is 0.717. The minimum absolute atomic E-state index is 0. The number of quaternary nitrogens is 1. The van der Waals surface area contributed by atoms with Crippen LogP contribution in [0.2, 0.25) is 0 Å². The highest BCUT2D eigenvalue weighted by Crippen LogP contribution is 2.33. The van der Waals surface area contributed by atoms with Gasteiger partial charge in [-0.25, -0.2) is 9.89 Å². The lowest BCUT2D eigenvalue weighted by molar-refractivity contribution is -0.710. The van der Waals surface area contributed by atoms with E-state index >= 15 is 0 Å². The maximum atomic E-state index is 6.48. The van der Waals surface area contributed by atoms with E-state index in [0.717, 1.165) is 27.7 Å². The summed E-state index contributed by atoms with van der Waals surface area (Å²) in [6.07, 6.45) is 8.37. The molecule has 2 unspecified atom stereocenters. The second-order valence-corrected chi connectivity index (χ2v) is 5.27. The highest BCUT2D eigenvalue weighted by atomic mass is 35.5. The minimum Gasteiger partial charge on any atom is -1.00 e. The van der Waals surface area contributed by atoms with Crippen molar-refractivity contribution < 1.29 is 17.3 Å². The number of nitrogens with zero attached hydrogens (tertiary/aromatic N) is 1. The van der Waals surface area contributed by atoms with Crippen molar-refractivity contribution in [3.63, 3.8) is 0 Å². The third-order valence-electron chi connectivity index (χ3n) is 2.69. The second-order valence-electron chi connectivity index (χ2n) is 4.03. The van der Waals surface area contributed by atoms with Crippen molar-refractivity contribution in [3.05, 3.63) is 34.8 Å². The number of hydrogen-bond donors (Lipinski definition) is 1. The molecular formula is C11H13Cl3N2. The molecule has 2 atom stereocenters. The van der Waals surface area contributed by atoms with Crippen LogP contribution >= 0.6 is 23.2 Å². The van der Waals surface area contributed by atoms with E-state index in [1.165, 1.54) is 0 Å². The number of nitrogens with one attached hydrogen (secondary N) is 1. The maximum Gasteiger partial charge on any atom is 0.198 e. The monoisotopic (exact) mass is 278 g/mol. The lowest BCUT2D eigenvalue weighted by Crippen LogP contribution is -3.08. The van der Waals surface area contributed by atoms with Crippen molar-refractivity contribution in [1.82, 2.24) is 0 Å². The summed E-state index contributed by atoms with van der Waals surface area (Å²) in [6.45, 7) is 4.01. The van der Waals surface area contributed by atoms with Gasteiger partial charge in [0.15, 0.2) is 12.0 Å². The predicted molar refractivity (Wildman–Crippen MR) is 64.1 cm³/mol. The van der Waals surface area contributed by atoms with E-state index in [-0.39, 0.29) is 12.4 Å². The van der Waals surface area contributed by atoms with Gasteiger partial charge in [-0.3, -0.25) is 0 Å². The maximum absolute atomic E-state index is 6.48. The van der Waals surface area contributed by atoms with E-state index in [4.69, 9.17) is 23.2 Å². The summed E-state index contributed by atoms with van der Waals surface area (Å²) >= 11 is 12.7. The van der Waals surface area contributed by atoms with Gasteiger partial charge in [0.2, 0.25) is 0 Å². The fourth-order valence-electron chi connectivity index (χ4n) is 1.88. The number of halogens is 3. The minimum atomic E-state index is -0.424. The number of hydrogen-bond acceptors (Lipinski definition) is 1. The normalized spacial score (nSPS) is 32.8. The van der Waals surface area contributed by atoms with Gasteiger partial charge < -0.3 is 12.4 Å². The van der Waals surface area contributed by atoms with Gasteiger partial charge >= 0.3 is 0 Å². The van der Waals surface area contributed by atoms with Gasteiger partial charge in [0.05, 0.1) is 11.2 Å². The molecule has 1 heterocycles. The summed E-state index contributed by atoms with van der Waals surface area (Å²) in [6, 6.07) is 0. The van der Waals surface area contributed by atoms with E-state index in [2.05, 4.69) is 4.99 Å². The van der Waals surface area contributed by atoms with Gasteiger partial charge in [0, 0.05) is 6.92 Å².